The standard InChI is InChI=1S/C32H24N4/c1-17-19(3)33-15-26-28(17)24-14-23-22-12-8-9-13-25(22)35(21-10-6-5-7-11-21)31(23)30-29-18(2)20(4)34-16-27(29)36(26)32(24)30/h5-16H,1-4H3. The molecule has 0 fully saturated rings. The van der Waals surface area contributed by atoms with Crippen LogP contribution in [-0.2, 0) is 0 Å². The van der Waals surface area contributed by atoms with E-state index in [9.17, 15) is 0 Å². The van der Waals surface area contributed by atoms with Gasteiger partial charge >= 0.3 is 0 Å². The summed E-state index contributed by atoms with van der Waals surface area (Å²) in [5.41, 5.74) is 11.9. The fourth-order valence-corrected chi connectivity index (χ4v) is 6.37. The van der Waals surface area contributed by atoms with Crippen LogP contribution in [0.25, 0.3) is 65.6 Å². The van der Waals surface area contributed by atoms with Gasteiger partial charge in [-0.1, -0.05) is 36.4 Å². The van der Waals surface area contributed by atoms with E-state index >= 15 is 0 Å². The summed E-state index contributed by atoms with van der Waals surface area (Å²) in [5, 5.41) is 7.73. The van der Waals surface area contributed by atoms with Crippen molar-refractivity contribution in [3.63, 3.8) is 0 Å². The van der Waals surface area contributed by atoms with Crippen LogP contribution in [-0.4, -0.2) is 18.9 Å². The van der Waals surface area contributed by atoms with Gasteiger partial charge in [-0.3, -0.25) is 9.97 Å². The molecule has 0 spiro atoms. The molecule has 0 bridgehead atoms. The number of benzene rings is 3. The molecule has 0 radical (unpaired) electrons. The van der Waals surface area contributed by atoms with Crippen molar-refractivity contribution >= 4 is 59.9 Å². The molecule has 172 valence electrons. The molecule has 5 aromatic heterocycles. The van der Waals surface area contributed by atoms with Crippen LogP contribution in [0.4, 0.5) is 0 Å². The molecule has 0 aliphatic carbocycles. The van der Waals surface area contributed by atoms with E-state index < -0.39 is 0 Å². The van der Waals surface area contributed by atoms with Gasteiger partial charge in [0.25, 0.3) is 0 Å². The van der Waals surface area contributed by atoms with Crippen LogP contribution in [0.2, 0.25) is 0 Å². The first kappa shape index (κ1) is 19.8. The average molecular weight is 465 g/mol. The van der Waals surface area contributed by atoms with Crippen LogP contribution in [0.15, 0.2) is 73.1 Å². The SMILES string of the molecule is Cc1ncc2c(c1C)c1cc3c4ccccc4n(-c4ccccc4)c3c3c4c(C)c(C)ncc4n2c13. The summed E-state index contributed by atoms with van der Waals surface area (Å²) < 4.78 is 4.85. The summed E-state index contributed by atoms with van der Waals surface area (Å²) in [6, 6.07) is 21.9. The Hall–Kier alpha value is -4.44. The number of nitrogens with zero attached hydrogens (tertiary/aromatic N) is 4. The van der Waals surface area contributed by atoms with Crippen molar-refractivity contribution in [2.75, 3.05) is 0 Å². The fraction of sp³-hybridized carbons (Fsp3) is 0.125. The monoisotopic (exact) mass is 464 g/mol. The lowest BCUT2D eigenvalue weighted by molar-refractivity contribution is 1.15. The van der Waals surface area contributed by atoms with E-state index in [2.05, 4.69) is 97.3 Å². The van der Waals surface area contributed by atoms with Gasteiger partial charge in [0.05, 0.1) is 40.0 Å². The van der Waals surface area contributed by atoms with Crippen molar-refractivity contribution in [3.05, 3.63) is 95.6 Å². The number of rotatable bonds is 1. The van der Waals surface area contributed by atoms with Crippen LogP contribution < -0.4 is 0 Å². The van der Waals surface area contributed by atoms with Crippen molar-refractivity contribution in [1.29, 1.82) is 0 Å². The minimum Gasteiger partial charge on any atom is -0.309 e. The summed E-state index contributed by atoms with van der Waals surface area (Å²) in [6.07, 6.45) is 4.09. The van der Waals surface area contributed by atoms with Gasteiger partial charge in [-0.2, -0.15) is 0 Å². The molecule has 5 heterocycles. The van der Waals surface area contributed by atoms with Gasteiger partial charge in [0, 0.05) is 49.4 Å². The zero-order valence-corrected chi connectivity index (χ0v) is 20.7. The van der Waals surface area contributed by atoms with Gasteiger partial charge in [0.2, 0.25) is 0 Å². The van der Waals surface area contributed by atoms with E-state index in [1.807, 2.05) is 12.4 Å². The highest BCUT2D eigenvalue weighted by Crippen LogP contribution is 2.47. The van der Waals surface area contributed by atoms with Crippen molar-refractivity contribution in [1.82, 2.24) is 18.9 Å². The van der Waals surface area contributed by atoms with Crippen molar-refractivity contribution in [2.24, 2.45) is 0 Å². The second-order valence-electron chi connectivity index (χ2n) is 10.0. The number of para-hydroxylation sites is 2. The Morgan fingerprint density at radius 2 is 1.19 bits per heavy atom. The number of hydrogen-bond donors (Lipinski definition) is 0. The second-order valence-corrected chi connectivity index (χ2v) is 10.0. The Balaban J connectivity index is 1.80. The Morgan fingerprint density at radius 3 is 1.94 bits per heavy atom. The Morgan fingerprint density at radius 1 is 0.556 bits per heavy atom. The van der Waals surface area contributed by atoms with E-state index in [0.29, 0.717) is 0 Å². The lowest BCUT2D eigenvalue weighted by Crippen LogP contribution is -1.94. The molecule has 8 rings (SSSR count). The first-order valence-electron chi connectivity index (χ1n) is 12.4. The highest BCUT2D eigenvalue weighted by atomic mass is 15.0. The third-order valence-electron chi connectivity index (χ3n) is 8.28. The summed E-state index contributed by atoms with van der Waals surface area (Å²) in [4.78, 5) is 9.57. The topological polar surface area (TPSA) is 35.1 Å². The molecule has 4 nitrogen and oxygen atoms in total. The molecule has 0 N–H and O–H groups in total. The zero-order valence-electron chi connectivity index (χ0n) is 20.7. The predicted octanol–water partition coefficient (Wildman–Crippen LogP) is 7.96. The van der Waals surface area contributed by atoms with E-state index in [1.54, 1.807) is 0 Å². The van der Waals surface area contributed by atoms with Crippen LogP contribution in [0.3, 0.4) is 0 Å². The van der Waals surface area contributed by atoms with Crippen LogP contribution in [0, 0.1) is 27.7 Å². The Kier molecular flexibility index (Phi) is 3.64. The maximum Gasteiger partial charge on any atom is 0.0729 e. The zero-order chi connectivity index (χ0) is 24.3. The molecule has 0 saturated carbocycles. The van der Waals surface area contributed by atoms with Crippen LogP contribution >= 0.6 is 0 Å². The molecule has 8 aromatic rings. The van der Waals surface area contributed by atoms with E-state index in [4.69, 9.17) is 9.97 Å². The maximum atomic E-state index is 4.80. The molecular weight excluding hydrogens is 440 g/mol. The minimum absolute atomic E-state index is 1.07. The lowest BCUT2D eigenvalue weighted by Gasteiger charge is -2.10. The summed E-state index contributed by atoms with van der Waals surface area (Å²) in [6.45, 7) is 8.63. The van der Waals surface area contributed by atoms with Gasteiger partial charge in [-0.15, -0.1) is 0 Å². The third-order valence-corrected chi connectivity index (χ3v) is 8.28. The van der Waals surface area contributed by atoms with E-state index in [1.165, 1.54) is 65.7 Å². The highest BCUT2D eigenvalue weighted by molar-refractivity contribution is 6.34. The van der Waals surface area contributed by atoms with E-state index in [0.717, 1.165) is 22.4 Å². The molecule has 0 unspecified atom stereocenters. The normalized spacial score (nSPS) is 12.4. The fourth-order valence-electron chi connectivity index (χ4n) is 6.37. The summed E-state index contributed by atoms with van der Waals surface area (Å²) in [5.74, 6) is 0. The number of aryl methyl sites for hydroxylation is 4. The molecule has 36 heavy (non-hydrogen) atoms. The van der Waals surface area contributed by atoms with Gasteiger partial charge in [0.15, 0.2) is 0 Å². The average Bonchev–Trinajstić information content (AvgIpc) is 3.53. The number of aromatic nitrogens is 4. The predicted molar refractivity (Wildman–Crippen MR) is 150 cm³/mol. The molecule has 4 heteroatoms. The summed E-state index contributed by atoms with van der Waals surface area (Å²) in [7, 11) is 0. The molecule has 0 atom stereocenters. The quantitative estimate of drug-likeness (QED) is 0.247. The van der Waals surface area contributed by atoms with Gasteiger partial charge in [0.1, 0.15) is 0 Å². The minimum atomic E-state index is 1.07. The van der Waals surface area contributed by atoms with E-state index in [-0.39, 0.29) is 0 Å². The largest absolute Gasteiger partial charge is 0.309 e. The van der Waals surface area contributed by atoms with Crippen molar-refractivity contribution in [2.45, 2.75) is 27.7 Å². The number of hydrogen-bond acceptors (Lipinski definition) is 2. The van der Waals surface area contributed by atoms with Crippen molar-refractivity contribution < 1.29 is 0 Å². The molecule has 3 aromatic carbocycles. The third kappa shape index (κ3) is 2.21. The van der Waals surface area contributed by atoms with Crippen LogP contribution in [0.1, 0.15) is 22.5 Å². The number of fused-ring (bicyclic) bond motifs is 10. The first-order chi connectivity index (χ1) is 17.6. The Bertz CT molecular complexity index is 2180. The highest BCUT2D eigenvalue weighted by Gasteiger charge is 2.26. The molecular formula is C32H24N4. The maximum absolute atomic E-state index is 4.80. The molecule has 0 aliphatic heterocycles. The Labute approximate surface area is 207 Å². The molecule has 0 saturated heterocycles. The van der Waals surface area contributed by atoms with Crippen LogP contribution in [0.5, 0.6) is 0 Å². The molecule has 0 amide bonds. The van der Waals surface area contributed by atoms with Gasteiger partial charge in [-0.05, 0) is 63.1 Å². The van der Waals surface area contributed by atoms with Gasteiger partial charge in [-0.25, -0.2) is 0 Å². The lowest BCUT2D eigenvalue weighted by atomic mass is 9.99. The second kappa shape index (κ2) is 6.61. The summed E-state index contributed by atoms with van der Waals surface area (Å²) >= 11 is 0. The smallest absolute Gasteiger partial charge is 0.0729 e. The van der Waals surface area contributed by atoms with Gasteiger partial charge < -0.3 is 8.97 Å². The molecule has 0 aliphatic rings. The first-order valence-corrected chi connectivity index (χ1v) is 12.4. The van der Waals surface area contributed by atoms with Crippen molar-refractivity contribution in [3.8, 4) is 5.69 Å². The number of pyridine rings is 2.